The fraction of sp³-hybridized carbons (Fsp3) is 0. The zero-order chi connectivity index (χ0) is 18.5. The maximum absolute atomic E-state index is 14.2. The highest BCUT2D eigenvalue weighted by Crippen LogP contribution is 2.37. The van der Waals surface area contributed by atoms with Crippen LogP contribution in [0.5, 0.6) is 11.5 Å². The van der Waals surface area contributed by atoms with Crippen LogP contribution in [0.4, 0.5) is 0 Å². The topological polar surface area (TPSA) is 26.3 Å². The molecule has 0 heterocycles. The summed E-state index contributed by atoms with van der Waals surface area (Å²) in [7, 11) is -2.57. The number of hydrogen-bond donors (Lipinski definition) is 0. The Balaban J connectivity index is 1.74. The van der Waals surface area contributed by atoms with Crippen molar-refractivity contribution in [1.82, 2.24) is 0 Å². The predicted octanol–water partition coefficient (Wildman–Crippen LogP) is 6.46. The summed E-state index contributed by atoms with van der Waals surface area (Å²) in [6.07, 6.45) is 0. The lowest BCUT2D eigenvalue weighted by Crippen LogP contribution is -2.12. The third-order valence-corrected chi connectivity index (χ3v) is 7.09. The Morgan fingerprint density at radius 3 is 1.30 bits per heavy atom. The van der Waals surface area contributed by atoms with Crippen LogP contribution in [0.25, 0.3) is 0 Å². The molecule has 3 heteroatoms. The standard InChI is InChI=1S/C24H19O2S/c25-27(22-12-6-2-7-13-22,23-14-8-3-9-15-23)24-18-16-21(17-19-24)26-20-10-4-1-5-11-20/h1-19H/q+1. The maximum Gasteiger partial charge on any atom is 0.182 e. The summed E-state index contributed by atoms with van der Waals surface area (Å²) in [6.45, 7) is 0. The van der Waals surface area contributed by atoms with Gasteiger partial charge >= 0.3 is 0 Å². The van der Waals surface area contributed by atoms with E-state index in [2.05, 4.69) is 0 Å². The second kappa shape index (κ2) is 7.60. The molecule has 0 aliphatic rings. The number of rotatable bonds is 5. The molecule has 0 N–H and O–H groups in total. The number of benzene rings is 4. The molecule has 4 rings (SSSR count). The highest BCUT2D eigenvalue weighted by molar-refractivity contribution is 8.03. The first-order valence-electron chi connectivity index (χ1n) is 8.74. The Bertz CT molecular complexity index is 1000. The Morgan fingerprint density at radius 1 is 0.444 bits per heavy atom. The van der Waals surface area contributed by atoms with Crippen molar-refractivity contribution in [3.8, 4) is 11.5 Å². The van der Waals surface area contributed by atoms with Gasteiger partial charge in [0.05, 0.1) is 0 Å². The van der Waals surface area contributed by atoms with Crippen LogP contribution in [0.2, 0.25) is 0 Å². The number of ether oxygens (including phenoxy) is 1. The van der Waals surface area contributed by atoms with Crippen molar-refractivity contribution in [3.63, 3.8) is 0 Å². The van der Waals surface area contributed by atoms with E-state index < -0.39 is 9.93 Å². The third-order valence-electron chi connectivity index (χ3n) is 4.28. The summed E-state index contributed by atoms with van der Waals surface area (Å²) in [4.78, 5) is 2.36. The Kier molecular flexibility index (Phi) is 4.86. The van der Waals surface area contributed by atoms with E-state index in [9.17, 15) is 4.21 Å². The first kappa shape index (κ1) is 17.3. The second-order valence-corrected chi connectivity index (χ2v) is 8.60. The predicted molar refractivity (Wildman–Crippen MR) is 109 cm³/mol. The summed E-state index contributed by atoms with van der Waals surface area (Å²) >= 11 is 0. The van der Waals surface area contributed by atoms with Gasteiger partial charge in [-0.15, -0.1) is 0 Å². The highest BCUT2D eigenvalue weighted by Gasteiger charge is 2.37. The molecule has 27 heavy (non-hydrogen) atoms. The van der Waals surface area contributed by atoms with E-state index in [-0.39, 0.29) is 0 Å². The van der Waals surface area contributed by atoms with Crippen molar-refractivity contribution in [3.05, 3.63) is 115 Å². The number of hydrogen-bond acceptors (Lipinski definition) is 2. The van der Waals surface area contributed by atoms with Crippen molar-refractivity contribution in [2.75, 3.05) is 0 Å². The summed E-state index contributed by atoms with van der Waals surface area (Å²) in [6, 6.07) is 36.4. The molecule has 0 aromatic heterocycles. The van der Waals surface area contributed by atoms with Crippen molar-refractivity contribution in [1.29, 1.82) is 0 Å². The molecule has 4 aromatic carbocycles. The van der Waals surface area contributed by atoms with Gasteiger partial charge in [0.25, 0.3) is 0 Å². The van der Waals surface area contributed by atoms with Gasteiger partial charge in [-0.25, -0.2) is 0 Å². The molecule has 0 fully saturated rings. The first-order valence-corrected chi connectivity index (χ1v) is 10.3. The largest absolute Gasteiger partial charge is 0.457 e. The van der Waals surface area contributed by atoms with Gasteiger partial charge in [-0.1, -0.05) is 58.8 Å². The molecular formula is C24H19O2S+. The second-order valence-electron chi connectivity index (χ2n) is 6.07. The average Bonchev–Trinajstić information content (AvgIpc) is 2.76. The van der Waals surface area contributed by atoms with E-state index in [1.54, 1.807) is 0 Å². The SMILES string of the molecule is O=[S+](c1ccccc1)(c1ccccc1)c1ccc(Oc2ccccc2)cc1. The van der Waals surface area contributed by atoms with Crippen LogP contribution in [0.3, 0.4) is 0 Å². The van der Waals surface area contributed by atoms with E-state index in [0.717, 1.165) is 20.4 Å². The van der Waals surface area contributed by atoms with Gasteiger partial charge in [-0.2, -0.15) is 0 Å². The van der Waals surface area contributed by atoms with Gasteiger partial charge < -0.3 is 4.74 Å². The first-order chi connectivity index (χ1) is 13.3. The van der Waals surface area contributed by atoms with E-state index in [0.29, 0.717) is 5.75 Å². The third kappa shape index (κ3) is 3.55. The van der Waals surface area contributed by atoms with Crippen molar-refractivity contribution < 1.29 is 8.95 Å². The molecule has 0 bridgehead atoms. The smallest absolute Gasteiger partial charge is 0.182 e. The lowest BCUT2D eigenvalue weighted by atomic mass is 10.3. The Labute approximate surface area is 160 Å². The van der Waals surface area contributed by atoms with Crippen molar-refractivity contribution in [2.24, 2.45) is 0 Å². The molecule has 132 valence electrons. The lowest BCUT2D eigenvalue weighted by Gasteiger charge is -2.13. The molecule has 0 amide bonds. The van der Waals surface area contributed by atoms with Crippen LogP contribution in [-0.4, -0.2) is 0 Å². The van der Waals surface area contributed by atoms with Crippen LogP contribution in [-0.2, 0) is 14.1 Å². The zero-order valence-electron chi connectivity index (χ0n) is 14.7. The van der Waals surface area contributed by atoms with Crippen LogP contribution >= 0.6 is 0 Å². The van der Waals surface area contributed by atoms with Crippen LogP contribution in [0.1, 0.15) is 0 Å². The van der Waals surface area contributed by atoms with E-state index >= 15 is 0 Å². The van der Waals surface area contributed by atoms with E-state index in [4.69, 9.17) is 4.74 Å². The molecule has 0 radical (unpaired) electrons. The van der Waals surface area contributed by atoms with Gasteiger partial charge in [-0.05, 0) is 60.7 Å². The average molecular weight is 371 g/mol. The molecule has 0 spiro atoms. The maximum atomic E-state index is 14.2. The fourth-order valence-electron chi connectivity index (χ4n) is 2.96. The molecule has 0 saturated heterocycles. The lowest BCUT2D eigenvalue weighted by molar-refractivity contribution is 0.482. The minimum atomic E-state index is -2.57. The Hall–Kier alpha value is -3.17. The quantitative estimate of drug-likeness (QED) is 0.377. The van der Waals surface area contributed by atoms with E-state index in [1.165, 1.54) is 0 Å². The van der Waals surface area contributed by atoms with Gasteiger partial charge in [0, 0.05) is 0 Å². The summed E-state index contributed by atoms with van der Waals surface area (Å²) in [5, 5.41) is 0. The van der Waals surface area contributed by atoms with Crippen LogP contribution < -0.4 is 4.74 Å². The minimum Gasteiger partial charge on any atom is -0.457 e. The fourth-order valence-corrected chi connectivity index (χ4v) is 5.37. The number of para-hydroxylation sites is 1. The molecule has 0 atom stereocenters. The van der Waals surface area contributed by atoms with Gasteiger partial charge in [0.1, 0.15) is 11.5 Å². The van der Waals surface area contributed by atoms with E-state index in [1.807, 2.05) is 115 Å². The van der Waals surface area contributed by atoms with Crippen LogP contribution in [0, 0.1) is 0 Å². The van der Waals surface area contributed by atoms with Crippen molar-refractivity contribution in [2.45, 2.75) is 14.7 Å². The summed E-state index contributed by atoms with van der Waals surface area (Å²) in [5.74, 6) is 1.49. The highest BCUT2D eigenvalue weighted by atomic mass is 32.2. The molecule has 0 aliphatic heterocycles. The molecule has 4 aromatic rings. The zero-order valence-corrected chi connectivity index (χ0v) is 15.5. The molecule has 0 saturated carbocycles. The Morgan fingerprint density at radius 2 is 0.815 bits per heavy atom. The molecule has 2 nitrogen and oxygen atoms in total. The van der Waals surface area contributed by atoms with Gasteiger partial charge in [0.15, 0.2) is 24.6 Å². The summed E-state index contributed by atoms with van der Waals surface area (Å²) < 4.78 is 20.1. The van der Waals surface area contributed by atoms with Crippen LogP contribution in [0.15, 0.2) is 130 Å². The molecular weight excluding hydrogens is 352 g/mol. The van der Waals surface area contributed by atoms with Gasteiger partial charge in [-0.3, -0.25) is 0 Å². The normalized spacial score (nSPS) is 11.1. The summed E-state index contributed by atoms with van der Waals surface area (Å²) in [5.41, 5.74) is 0. The van der Waals surface area contributed by atoms with Gasteiger partial charge in [0.2, 0.25) is 0 Å². The van der Waals surface area contributed by atoms with Crippen molar-refractivity contribution >= 4 is 9.93 Å². The minimum absolute atomic E-state index is 0.716. The molecule has 0 aliphatic carbocycles. The molecule has 0 unspecified atom stereocenters. The monoisotopic (exact) mass is 371 g/mol.